The van der Waals surface area contributed by atoms with Crippen LogP contribution in [0.3, 0.4) is 0 Å². The monoisotopic (exact) mass is 1320 g/mol. The molecule has 17 N–H and O–H groups in total. The van der Waals surface area contributed by atoms with Gasteiger partial charge >= 0.3 is 23.9 Å². The lowest BCUT2D eigenvalue weighted by Crippen LogP contribution is -2.63. The number of ether oxygens (including phenoxy) is 2. The van der Waals surface area contributed by atoms with Gasteiger partial charge in [-0.15, -0.1) is 0 Å². The van der Waals surface area contributed by atoms with E-state index in [0.29, 0.717) is 28.8 Å². The Morgan fingerprint density at radius 2 is 1.21 bits per heavy atom. The number of aromatic hydroxyl groups is 1. The maximum absolute atomic E-state index is 14.5. The standard InChI is InChI=1S/C61H88N14O19/c1-2-46(77)63-19-20-66-61(92)71-60(62)65-18-7-12-44(57(89)68-33-39-13-15-43(76)16-14-39)70-58(90)52(40-8-4-3-5-9-40)41-10-6-11-42(32-41)69-47(78)17-30-93-31-21-64-59(91)56-55(88)54(87)53(86)45(94-56)34-67-48(79)35-72-22-24-73(36-49(80)81)26-28-75(38-51(84)85)29-27-74(25-23-72)37-50(82)83/h3-6,8-11,13-16,32,44-45,52-56,76,86-88H,2,7,12,17-31,33-38H2,1H3,(H,63,77)(H,64,91)(H,67,79)(H,68,89)(H,69,78)(H,70,90)(H,80,81)(H,82,83)(H,84,85)(H4,62,65,66,71,92)/t44-,45?,52?,53?,54?,55?,56?/m1/s1. The zero-order chi connectivity index (χ0) is 68.5. The number of aliphatic hydroxyl groups is 3. The van der Waals surface area contributed by atoms with E-state index in [2.05, 4.69) is 47.5 Å². The number of aliphatic hydroxyl groups excluding tert-OH is 3. The highest BCUT2D eigenvalue weighted by Gasteiger charge is 2.46. The first-order chi connectivity index (χ1) is 45.0. The SMILES string of the molecule is CCC(=O)NCCNC(=O)NC(N)=NCCC[C@@H](NC(=O)C(c1ccccc1)c1cccc(NC(=O)CCOCCNC(=O)C2OC(CNC(=O)CN3CCN(CC(=O)O)CCN(CC(=O)O)CCN(CC(=O)O)CC3)C(O)C(O)C2O)c1)C(=O)NCc1ccc(O)cc1. The topological polar surface area (TPSA) is 478 Å². The van der Waals surface area contributed by atoms with E-state index in [4.69, 9.17) is 15.2 Å². The van der Waals surface area contributed by atoms with Gasteiger partial charge in [0.2, 0.25) is 29.5 Å². The fourth-order valence-corrected chi connectivity index (χ4v) is 10.0. The molecule has 94 heavy (non-hydrogen) atoms. The number of guanidine groups is 1. The molecule has 7 atom stereocenters. The molecule has 0 aromatic heterocycles. The Labute approximate surface area is 542 Å². The van der Waals surface area contributed by atoms with Crippen LogP contribution >= 0.6 is 0 Å². The second kappa shape index (κ2) is 40.2. The number of carbonyl (C=O) groups excluding carboxylic acids is 7. The third kappa shape index (κ3) is 27.7. The Balaban J connectivity index is 1.12. The normalized spacial score (nSPS) is 19.3. The van der Waals surface area contributed by atoms with Crippen molar-refractivity contribution in [1.29, 1.82) is 0 Å². The summed E-state index contributed by atoms with van der Waals surface area (Å²) >= 11 is 0. The third-order valence-electron chi connectivity index (χ3n) is 15.0. The molecule has 3 aromatic rings. The molecule has 33 nitrogen and oxygen atoms in total. The van der Waals surface area contributed by atoms with Crippen molar-refractivity contribution >= 4 is 71.0 Å². The number of aliphatic carboxylic acids is 3. The van der Waals surface area contributed by atoms with Gasteiger partial charge < -0.3 is 88.2 Å². The van der Waals surface area contributed by atoms with Crippen LogP contribution in [-0.2, 0) is 59.2 Å². The predicted molar refractivity (Wildman–Crippen MR) is 338 cm³/mol. The number of carbonyl (C=O) groups is 10. The number of amides is 8. The molecule has 2 aliphatic heterocycles. The van der Waals surface area contributed by atoms with Crippen LogP contribution in [0.4, 0.5) is 10.5 Å². The lowest BCUT2D eigenvalue weighted by Gasteiger charge is -2.40. The van der Waals surface area contributed by atoms with E-state index in [9.17, 15) is 83.7 Å². The van der Waals surface area contributed by atoms with Gasteiger partial charge in [-0.3, -0.25) is 73.1 Å². The minimum Gasteiger partial charge on any atom is -0.508 e. The maximum atomic E-state index is 14.5. The van der Waals surface area contributed by atoms with Crippen molar-refractivity contribution in [2.45, 2.75) is 81.6 Å². The van der Waals surface area contributed by atoms with Gasteiger partial charge in [-0.25, -0.2) is 4.79 Å². The number of nitrogens with one attached hydrogen (secondary N) is 8. The molecule has 0 aliphatic carbocycles. The molecule has 2 aliphatic rings. The van der Waals surface area contributed by atoms with Gasteiger partial charge in [0.1, 0.15) is 36.2 Å². The van der Waals surface area contributed by atoms with Crippen LogP contribution in [-0.4, -0.2) is 282 Å². The fourth-order valence-electron chi connectivity index (χ4n) is 10.0. The van der Waals surface area contributed by atoms with Crippen LogP contribution in [0.15, 0.2) is 83.9 Å². The van der Waals surface area contributed by atoms with Crippen LogP contribution in [0, 0.1) is 0 Å². The largest absolute Gasteiger partial charge is 0.508 e. The first-order valence-electron chi connectivity index (χ1n) is 30.8. The number of benzene rings is 3. The summed E-state index contributed by atoms with van der Waals surface area (Å²) in [5.41, 5.74) is 7.98. The summed E-state index contributed by atoms with van der Waals surface area (Å²) in [5, 5.41) is 91.8. The van der Waals surface area contributed by atoms with Gasteiger partial charge in [0.05, 0.1) is 51.7 Å². The summed E-state index contributed by atoms with van der Waals surface area (Å²) in [6.07, 6.45) is -8.13. The Kier molecular flexibility index (Phi) is 32.4. The Hall–Kier alpha value is -8.93. The van der Waals surface area contributed by atoms with Gasteiger partial charge in [0.15, 0.2) is 12.1 Å². The van der Waals surface area contributed by atoms with Crippen molar-refractivity contribution in [1.82, 2.24) is 56.8 Å². The molecule has 0 radical (unpaired) electrons. The second-order valence-electron chi connectivity index (χ2n) is 22.3. The van der Waals surface area contributed by atoms with Crippen molar-refractivity contribution < 1.29 is 93.2 Å². The summed E-state index contributed by atoms with van der Waals surface area (Å²) in [4.78, 5) is 138. The molecule has 2 heterocycles. The van der Waals surface area contributed by atoms with E-state index >= 15 is 0 Å². The number of nitrogens with zero attached hydrogens (tertiary/aromatic N) is 5. The highest BCUT2D eigenvalue weighted by Crippen LogP contribution is 2.28. The van der Waals surface area contributed by atoms with E-state index in [1.54, 1.807) is 93.3 Å². The molecule has 0 bridgehead atoms. The molecular weight excluding hydrogens is 1230 g/mol. The Bertz CT molecular complexity index is 2970. The van der Waals surface area contributed by atoms with Crippen LogP contribution in [0.25, 0.3) is 0 Å². The van der Waals surface area contributed by atoms with Gasteiger partial charge in [-0.05, 0) is 53.8 Å². The first-order valence-corrected chi connectivity index (χ1v) is 30.8. The highest BCUT2D eigenvalue weighted by molar-refractivity contribution is 5.96. The van der Waals surface area contributed by atoms with Crippen molar-refractivity contribution in [3.05, 3.63) is 95.6 Å². The molecule has 33 heteroatoms. The van der Waals surface area contributed by atoms with Crippen molar-refractivity contribution in [2.24, 2.45) is 10.7 Å². The average Bonchev–Trinajstić information content (AvgIpc) is 0.836. The summed E-state index contributed by atoms with van der Waals surface area (Å²) in [6.45, 7) is 1.34. The maximum Gasteiger partial charge on any atom is 0.321 e. The summed E-state index contributed by atoms with van der Waals surface area (Å²) < 4.78 is 11.3. The lowest BCUT2D eigenvalue weighted by atomic mass is 9.89. The molecular formula is C61H88N14O19. The summed E-state index contributed by atoms with van der Waals surface area (Å²) in [7, 11) is 0. The number of carboxylic acids is 3. The number of rotatable bonds is 33. The zero-order valence-corrected chi connectivity index (χ0v) is 52.4. The smallest absolute Gasteiger partial charge is 0.321 e. The van der Waals surface area contributed by atoms with Crippen LogP contribution < -0.4 is 48.3 Å². The van der Waals surface area contributed by atoms with E-state index in [1.807, 2.05) is 0 Å². The second-order valence-corrected chi connectivity index (χ2v) is 22.3. The lowest BCUT2D eigenvalue weighted by molar-refractivity contribution is -0.219. The number of phenolic OH excluding ortho intramolecular Hbond substituents is 1. The van der Waals surface area contributed by atoms with Gasteiger partial charge in [0, 0.05) is 104 Å². The molecule has 3 aromatic carbocycles. The summed E-state index contributed by atoms with van der Waals surface area (Å²) in [5.74, 6) is -7.67. The van der Waals surface area contributed by atoms with Gasteiger partial charge in [-0.1, -0.05) is 61.5 Å². The number of aliphatic imine (C=N–C) groups is 1. The molecule has 5 rings (SSSR count). The van der Waals surface area contributed by atoms with E-state index < -0.39 is 102 Å². The Morgan fingerprint density at radius 1 is 0.628 bits per heavy atom. The number of urea groups is 1. The van der Waals surface area contributed by atoms with Crippen LogP contribution in [0.2, 0.25) is 0 Å². The van der Waals surface area contributed by atoms with Crippen molar-refractivity contribution in [2.75, 3.05) is 130 Å². The number of hydrogen-bond donors (Lipinski definition) is 16. The van der Waals surface area contributed by atoms with Crippen LogP contribution in [0.5, 0.6) is 5.75 Å². The van der Waals surface area contributed by atoms with E-state index in [-0.39, 0.29) is 161 Å². The molecule has 2 saturated heterocycles. The third-order valence-corrected chi connectivity index (χ3v) is 15.0. The minimum atomic E-state index is -1.88. The molecule has 2 fully saturated rings. The highest BCUT2D eigenvalue weighted by atomic mass is 16.5. The molecule has 0 spiro atoms. The molecule has 6 unspecified atom stereocenters. The number of phenols is 1. The molecule has 516 valence electrons. The minimum absolute atomic E-state index is 0.0414. The van der Waals surface area contributed by atoms with Crippen LogP contribution in [0.1, 0.15) is 55.2 Å². The van der Waals surface area contributed by atoms with Gasteiger partial charge in [-0.2, -0.15) is 0 Å². The van der Waals surface area contributed by atoms with E-state index in [0.717, 1.165) is 0 Å². The quantitative estimate of drug-likeness (QED) is 0.0158. The average molecular weight is 1320 g/mol. The fraction of sp³-hybridized carbons (Fsp3) is 0.525. The number of anilines is 1. The Morgan fingerprint density at radius 3 is 1.81 bits per heavy atom. The molecule has 0 saturated carbocycles. The van der Waals surface area contributed by atoms with E-state index in [1.165, 1.54) is 12.1 Å². The van der Waals surface area contributed by atoms with Gasteiger partial charge in [0.25, 0.3) is 5.91 Å². The predicted octanol–water partition coefficient (Wildman–Crippen LogP) is -3.85. The summed E-state index contributed by atoms with van der Waals surface area (Å²) in [6, 6.07) is 19.8. The first kappa shape index (κ1) is 75.8. The number of nitrogens with two attached hydrogens (primary N) is 1. The van der Waals surface area contributed by atoms with Crippen molar-refractivity contribution in [3.8, 4) is 5.75 Å². The number of hydrogen-bond acceptors (Lipinski definition) is 21. The number of carboxylic acid groups (broad SMARTS) is 3. The molecule has 8 amide bonds. The van der Waals surface area contributed by atoms with Crippen molar-refractivity contribution in [3.63, 3.8) is 0 Å². The zero-order valence-electron chi connectivity index (χ0n) is 52.4.